The number of piperidine rings is 1. The summed E-state index contributed by atoms with van der Waals surface area (Å²) in [5, 5.41) is 0. The second kappa shape index (κ2) is 5.75. The molecule has 2 aromatic rings. The first-order valence-electron chi connectivity index (χ1n) is 7.32. The molecule has 0 radical (unpaired) electrons. The summed E-state index contributed by atoms with van der Waals surface area (Å²) in [6, 6.07) is 4.71. The van der Waals surface area contributed by atoms with Gasteiger partial charge in [0.1, 0.15) is 12.6 Å². The Balaban J connectivity index is 1.88. The summed E-state index contributed by atoms with van der Waals surface area (Å²) in [5.74, 6) is -1.47. The molecule has 0 spiro atoms. The largest absolute Gasteiger partial charge is 0.420 e. The van der Waals surface area contributed by atoms with Gasteiger partial charge in [0.2, 0.25) is 5.91 Å². The predicted molar refractivity (Wildman–Crippen MR) is 75.9 cm³/mol. The third kappa shape index (κ3) is 2.97. The van der Waals surface area contributed by atoms with Gasteiger partial charge in [0, 0.05) is 6.54 Å². The Morgan fingerprint density at radius 1 is 1.26 bits per heavy atom. The average Bonchev–Trinajstić information content (AvgIpc) is 2.82. The van der Waals surface area contributed by atoms with E-state index in [1.807, 2.05) is 0 Å². The number of carbonyl (C=O) groups is 1. The molecule has 1 aromatic heterocycles. The number of hydrogen-bond acceptors (Lipinski definition) is 3. The monoisotopic (exact) mass is 328 g/mol. The van der Waals surface area contributed by atoms with Gasteiger partial charge in [-0.2, -0.15) is 13.2 Å². The molecule has 1 unspecified atom stereocenters. The Kier molecular flexibility index (Phi) is 3.91. The minimum absolute atomic E-state index is 0.0492. The highest BCUT2D eigenvalue weighted by Crippen LogP contribution is 2.32. The van der Waals surface area contributed by atoms with Crippen LogP contribution in [0.3, 0.4) is 0 Å². The number of nitrogens with zero attached hydrogens (tertiary/aromatic N) is 2. The molecule has 1 aromatic carbocycles. The number of rotatable bonds is 2. The van der Waals surface area contributed by atoms with Crippen molar-refractivity contribution in [1.82, 2.24) is 9.47 Å². The van der Waals surface area contributed by atoms with E-state index in [2.05, 4.69) is 0 Å². The van der Waals surface area contributed by atoms with Crippen molar-refractivity contribution in [2.75, 3.05) is 6.54 Å². The van der Waals surface area contributed by atoms with E-state index in [1.54, 1.807) is 24.3 Å². The molecule has 23 heavy (non-hydrogen) atoms. The maximum atomic E-state index is 13.1. The second-order valence-electron chi connectivity index (χ2n) is 5.56. The van der Waals surface area contributed by atoms with Gasteiger partial charge < -0.3 is 9.32 Å². The first kappa shape index (κ1) is 15.6. The van der Waals surface area contributed by atoms with E-state index in [9.17, 15) is 22.8 Å². The van der Waals surface area contributed by atoms with Gasteiger partial charge in [-0.1, -0.05) is 12.1 Å². The van der Waals surface area contributed by atoms with Gasteiger partial charge >= 0.3 is 11.9 Å². The molecule has 8 heteroatoms. The lowest BCUT2D eigenvalue weighted by Gasteiger charge is -2.36. The van der Waals surface area contributed by atoms with Gasteiger partial charge in [-0.05, 0) is 31.4 Å². The molecular weight excluding hydrogens is 313 g/mol. The molecule has 2 heterocycles. The SMILES string of the molecule is O=C(Cn1c(=O)oc2ccccc21)N1CCCCC1C(F)(F)F. The maximum Gasteiger partial charge on any atom is 0.420 e. The highest BCUT2D eigenvalue weighted by Gasteiger charge is 2.46. The third-order valence-electron chi connectivity index (χ3n) is 4.07. The van der Waals surface area contributed by atoms with Crippen LogP contribution in [0.4, 0.5) is 13.2 Å². The molecule has 124 valence electrons. The van der Waals surface area contributed by atoms with Crippen LogP contribution < -0.4 is 5.76 Å². The van der Waals surface area contributed by atoms with Gasteiger partial charge in [-0.25, -0.2) is 4.79 Å². The number of hydrogen-bond donors (Lipinski definition) is 0. The van der Waals surface area contributed by atoms with E-state index < -0.39 is 30.4 Å². The fraction of sp³-hybridized carbons (Fsp3) is 0.467. The van der Waals surface area contributed by atoms with E-state index in [0.29, 0.717) is 23.9 Å². The second-order valence-corrected chi connectivity index (χ2v) is 5.56. The van der Waals surface area contributed by atoms with Crippen LogP contribution in [0.1, 0.15) is 19.3 Å². The number of benzene rings is 1. The number of para-hydroxylation sites is 2. The number of alkyl halides is 3. The first-order chi connectivity index (χ1) is 10.9. The molecule has 1 aliphatic heterocycles. The Morgan fingerprint density at radius 3 is 2.74 bits per heavy atom. The van der Waals surface area contributed by atoms with Crippen molar-refractivity contribution in [2.24, 2.45) is 0 Å². The topological polar surface area (TPSA) is 55.5 Å². The van der Waals surface area contributed by atoms with Crippen LogP contribution in [0.25, 0.3) is 11.1 Å². The number of amides is 1. The Bertz CT molecular complexity index is 778. The predicted octanol–water partition coefficient (Wildman–Crippen LogP) is 2.54. The van der Waals surface area contributed by atoms with Crippen molar-refractivity contribution >= 4 is 17.0 Å². The van der Waals surface area contributed by atoms with Crippen molar-refractivity contribution < 1.29 is 22.4 Å². The van der Waals surface area contributed by atoms with E-state index >= 15 is 0 Å². The van der Waals surface area contributed by atoms with E-state index in [1.165, 1.54) is 0 Å². The fourth-order valence-electron chi connectivity index (χ4n) is 2.96. The van der Waals surface area contributed by atoms with Crippen molar-refractivity contribution in [3.63, 3.8) is 0 Å². The van der Waals surface area contributed by atoms with Gasteiger partial charge in [-0.15, -0.1) is 0 Å². The summed E-state index contributed by atoms with van der Waals surface area (Å²) in [5.41, 5.74) is 0.697. The maximum absolute atomic E-state index is 13.1. The van der Waals surface area contributed by atoms with Gasteiger partial charge in [0.15, 0.2) is 5.58 Å². The number of carbonyl (C=O) groups excluding carboxylic acids is 1. The highest BCUT2D eigenvalue weighted by atomic mass is 19.4. The van der Waals surface area contributed by atoms with Crippen molar-refractivity contribution in [3.8, 4) is 0 Å². The lowest BCUT2D eigenvalue weighted by atomic mass is 10.0. The van der Waals surface area contributed by atoms with Crippen LogP contribution in [-0.4, -0.2) is 34.1 Å². The summed E-state index contributed by atoms with van der Waals surface area (Å²) >= 11 is 0. The van der Waals surface area contributed by atoms with Crippen LogP contribution in [0.2, 0.25) is 0 Å². The van der Waals surface area contributed by atoms with E-state index in [-0.39, 0.29) is 13.0 Å². The van der Waals surface area contributed by atoms with Gasteiger partial charge in [0.05, 0.1) is 5.52 Å². The molecule has 0 aliphatic carbocycles. The molecule has 0 bridgehead atoms. The molecule has 0 saturated carbocycles. The van der Waals surface area contributed by atoms with Crippen LogP contribution in [-0.2, 0) is 11.3 Å². The molecule has 1 amide bonds. The molecular formula is C15H15F3N2O3. The molecule has 0 N–H and O–H groups in total. The van der Waals surface area contributed by atoms with Crippen LogP contribution >= 0.6 is 0 Å². The Labute approximate surface area is 129 Å². The quantitative estimate of drug-likeness (QED) is 0.851. The molecule has 5 nitrogen and oxygen atoms in total. The molecule has 1 atom stereocenters. The van der Waals surface area contributed by atoms with Gasteiger partial charge in [-0.3, -0.25) is 9.36 Å². The lowest BCUT2D eigenvalue weighted by Crippen LogP contribution is -2.52. The minimum atomic E-state index is -4.46. The summed E-state index contributed by atoms with van der Waals surface area (Å²) in [6.45, 7) is -0.407. The summed E-state index contributed by atoms with van der Waals surface area (Å²) in [7, 11) is 0. The summed E-state index contributed by atoms with van der Waals surface area (Å²) in [4.78, 5) is 25.0. The van der Waals surface area contributed by atoms with E-state index in [4.69, 9.17) is 4.42 Å². The van der Waals surface area contributed by atoms with Gasteiger partial charge in [0.25, 0.3) is 0 Å². The number of halogens is 3. The zero-order chi connectivity index (χ0) is 16.6. The number of aromatic nitrogens is 1. The summed E-state index contributed by atoms with van der Waals surface area (Å²) in [6.07, 6.45) is -3.60. The van der Waals surface area contributed by atoms with Crippen molar-refractivity contribution in [1.29, 1.82) is 0 Å². The standard InChI is InChI=1S/C15H15F3N2O3/c16-15(17,18)12-7-3-4-8-19(12)13(21)9-20-10-5-1-2-6-11(10)23-14(20)22/h1-2,5-6,12H,3-4,7-9H2. The number of likely N-dealkylation sites (tertiary alicyclic amines) is 1. The normalized spacial score (nSPS) is 19.3. The molecule has 1 saturated heterocycles. The van der Waals surface area contributed by atoms with Crippen LogP contribution in [0, 0.1) is 0 Å². The Morgan fingerprint density at radius 2 is 2.00 bits per heavy atom. The summed E-state index contributed by atoms with van der Waals surface area (Å²) < 4.78 is 45.3. The number of oxazole rings is 1. The molecule has 3 rings (SSSR count). The number of fused-ring (bicyclic) bond motifs is 1. The van der Waals surface area contributed by atoms with E-state index in [0.717, 1.165) is 9.47 Å². The first-order valence-corrected chi connectivity index (χ1v) is 7.32. The minimum Gasteiger partial charge on any atom is -0.408 e. The van der Waals surface area contributed by atoms with Crippen LogP contribution in [0.5, 0.6) is 0 Å². The Hall–Kier alpha value is -2.25. The van der Waals surface area contributed by atoms with Crippen molar-refractivity contribution in [3.05, 3.63) is 34.8 Å². The molecule has 1 aliphatic rings. The fourth-order valence-corrected chi connectivity index (χ4v) is 2.96. The van der Waals surface area contributed by atoms with Crippen molar-refractivity contribution in [2.45, 2.75) is 38.0 Å². The zero-order valence-corrected chi connectivity index (χ0v) is 12.2. The molecule has 1 fully saturated rings. The van der Waals surface area contributed by atoms with Crippen LogP contribution in [0.15, 0.2) is 33.5 Å². The highest BCUT2D eigenvalue weighted by molar-refractivity contribution is 5.80. The average molecular weight is 328 g/mol. The lowest BCUT2D eigenvalue weighted by molar-refractivity contribution is -0.196. The zero-order valence-electron chi connectivity index (χ0n) is 12.2. The third-order valence-corrected chi connectivity index (χ3v) is 4.07. The smallest absolute Gasteiger partial charge is 0.408 e.